The van der Waals surface area contributed by atoms with Crippen molar-refractivity contribution in [3.63, 3.8) is 0 Å². The fourth-order valence-corrected chi connectivity index (χ4v) is 2.96. The maximum Gasteiger partial charge on any atom is 0.314 e. The van der Waals surface area contributed by atoms with Gasteiger partial charge in [-0.15, -0.1) is 0 Å². The molecule has 0 radical (unpaired) electrons. The van der Waals surface area contributed by atoms with Crippen molar-refractivity contribution in [3.8, 4) is 0 Å². The minimum Gasteiger partial charge on any atom is -0.368 e. The largest absolute Gasteiger partial charge is 0.368 e. The van der Waals surface area contributed by atoms with Gasteiger partial charge in [0.05, 0.1) is 4.92 Å². The number of anilines is 2. The highest BCUT2D eigenvalue weighted by Gasteiger charge is 2.30. The zero-order valence-corrected chi connectivity index (χ0v) is 13.1. The molecule has 1 fully saturated rings. The summed E-state index contributed by atoms with van der Waals surface area (Å²) in [7, 11) is 1.75. The summed E-state index contributed by atoms with van der Waals surface area (Å²) >= 11 is 0. The molecule has 0 aliphatic carbocycles. The third-order valence-corrected chi connectivity index (χ3v) is 4.19. The zero-order valence-electron chi connectivity index (χ0n) is 13.1. The van der Waals surface area contributed by atoms with Crippen LogP contribution in [0, 0.1) is 17.0 Å². The van der Waals surface area contributed by atoms with Gasteiger partial charge in [-0.2, -0.15) is 10.1 Å². The van der Waals surface area contributed by atoms with E-state index in [9.17, 15) is 10.1 Å². The van der Waals surface area contributed by atoms with E-state index in [0.29, 0.717) is 29.7 Å². The molecule has 9 nitrogen and oxygen atoms in total. The van der Waals surface area contributed by atoms with E-state index < -0.39 is 0 Å². The van der Waals surface area contributed by atoms with Crippen LogP contribution in [0.25, 0.3) is 0 Å². The maximum absolute atomic E-state index is 11.4. The quantitative estimate of drug-likeness (QED) is 0.671. The Labute approximate surface area is 133 Å². The van der Waals surface area contributed by atoms with Crippen molar-refractivity contribution in [3.05, 3.63) is 33.8 Å². The van der Waals surface area contributed by atoms with E-state index in [1.165, 1.54) is 0 Å². The number of rotatable bonds is 3. The van der Waals surface area contributed by atoms with Gasteiger partial charge in [0.15, 0.2) is 5.82 Å². The molecule has 2 aromatic rings. The van der Waals surface area contributed by atoms with Crippen LogP contribution in [0.1, 0.15) is 30.1 Å². The summed E-state index contributed by atoms with van der Waals surface area (Å²) < 4.78 is 1.54. The predicted molar refractivity (Wildman–Crippen MR) is 85.2 cm³/mol. The van der Waals surface area contributed by atoms with Crippen LogP contribution in [0.4, 0.5) is 17.5 Å². The number of aromatic nitrogens is 4. The Bertz CT molecular complexity index is 723. The maximum atomic E-state index is 11.4. The van der Waals surface area contributed by atoms with Crippen LogP contribution < -0.4 is 10.6 Å². The highest BCUT2D eigenvalue weighted by atomic mass is 16.6. The highest BCUT2D eigenvalue weighted by molar-refractivity contribution is 5.61. The summed E-state index contributed by atoms with van der Waals surface area (Å²) in [6.45, 7) is 3.06. The van der Waals surface area contributed by atoms with Crippen LogP contribution in [0.2, 0.25) is 0 Å². The van der Waals surface area contributed by atoms with Crippen molar-refractivity contribution in [2.24, 2.45) is 7.05 Å². The normalized spacial score (nSPS) is 18.2. The molecular weight excluding hydrogens is 298 g/mol. The van der Waals surface area contributed by atoms with E-state index in [-0.39, 0.29) is 16.5 Å². The molecule has 1 atom stereocenters. The van der Waals surface area contributed by atoms with Crippen LogP contribution in [0.3, 0.4) is 0 Å². The van der Waals surface area contributed by atoms with E-state index in [0.717, 1.165) is 19.4 Å². The van der Waals surface area contributed by atoms with Crippen LogP contribution >= 0.6 is 0 Å². The Hall–Kier alpha value is -2.71. The molecule has 0 spiro atoms. The van der Waals surface area contributed by atoms with Crippen LogP contribution in [0.5, 0.6) is 0 Å². The SMILES string of the molecule is Cc1ccnc(N2CCCC(c3nc(N)n(C)n3)C2)c1[N+](=O)[O-]. The Morgan fingerprint density at radius 3 is 2.91 bits per heavy atom. The lowest BCUT2D eigenvalue weighted by molar-refractivity contribution is -0.384. The Morgan fingerprint density at radius 2 is 2.26 bits per heavy atom. The lowest BCUT2D eigenvalue weighted by Gasteiger charge is -2.32. The van der Waals surface area contributed by atoms with Gasteiger partial charge < -0.3 is 10.6 Å². The highest BCUT2D eigenvalue weighted by Crippen LogP contribution is 2.34. The first-order chi connectivity index (χ1) is 11.0. The van der Waals surface area contributed by atoms with E-state index in [2.05, 4.69) is 15.1 Å². The number of nitrogen functional groups attached to an aromatic ring is 1. The second-order valence-electron chi connectivity index (χ2n) is 5.79. The monoisotopic (exact) mass is 317 g/mol. The number of nitro groups is 1. The van der Waals surface area contributed by atoms with Crippen LogP contribution in [0.15, 0.2) is 12.3 Å². The molecule has 3 rings (SSSR count). The van der Waals surface area contributed by atoms with Crippen molar-refractivity contribution >= 4 is 17.5 Å². The van der Waals surface area contributed by atoms with E-state index in [4.69, 9.17) is 5.73 Å². The molecule has 1 unspecified atom stereocenters. The molecule has 122 valence electrons. The summed E-state index contributed by atoms with van der Waals surface area (Å²) in [5.41, 5.74) is 6.44. The van der Waals surface area contributed by atoms with Crippen LogP contribution in [-0.4, -0.2) is 37.8 Å². The molecular formula is C14H19N7O2. The first-order valence-corrected chi connectivity index (χ1v) is 7.48. The molecule has 0 bridgehead atoms. The standard InChI is InChI=1S/C14H19N7O2/c1-9-5-6-16-13(11(9)21(22)23)20-7-3-4-10(8-20)12-17-14(15)19(2)18-12/h5-6,10H,3-4,7-8H2,1-2H3,(H2,15,17,18). The van der Waals surface area contributed by atoms with E-state index in [1.54, 1.807) is 30.9 Å². The number of piperidine rings is 1. The van der Waals surface area contributed by atoms with Crippen molar-refractivity contribution < 1.29 is 4.92 Å². The van der Waals surface area contributed by atoms with Gasteiger partial charge in [0, 0.05) is 37.8 Å². The van der Waals surface area contributed by atoms with Gasteiger partial charge in [-0.1, -0.05) is 0 Å². The molecule has 1 saturated heterocycles. The fraction of sp³-hybridized carbons (Fsp3) is 0.500. The molecule has 1 aliphatic heterocycles. The van der Waals surface area contributed by atoms with Gasteiger partial charge in [-0.3, -0.25) is 10.1 Å². The number of aryl methyl sites for hydroxylation is 2. The van der Waals surface area contributed by atoms with Gasteiger partial charge in [0.2, 0.25) is 11.8 Å². The first kappa shape index (κ1) is 15.2. The second kappa shape index (κ2) is 5.82. The predicted octanol–water partition coefficient (Wildman–Crippen LogP) is 1.39. The fourth-order valence-electron chi connectivity index (χ4n) is 2.96. The minimum atomic E-state index is -0.363. The van der Waals surface area contributed by atoms with E-state index >= 15 is 0 Å². The Balaban J connectivity index is 1.90. The number of hydrogen-bond donors (Lipinski definition) is 1. The number of pyridine rings is 1. The molecule has 2 aromatic heterocycles. The van der Waals surface area contributed by atoms with Crippen molar-refractivity contribution in [2.75, 3.05) is 23.7 Å². The van der Waals surface area contributed by atoms with Crippen molar-refractivity contribution in [2.45, 2.75) is 25.7 Å². The Morgan fingerprint density at radius 1 is 1.48 bits per heavy atom. The van der Waals surface area contributed by atoms with E-state index in [1.807, 2.05) is 4.90 Å². The van der Waals surface area contributed by atoms with Gasteiger partial charge in [-0.05, 0) is 25.8 Å². The van der Waals surface area contributed by atoms with Gasteiger partial charge in [-0.25, -0.2) is 9.67 Å². The van der Waals surface area contributed by atoms with Gasteiger partial charge in [0.25, 0.3) is 0 Å². The average molecular weight is 317 g/mol. The van der Waals surface area contributed by atoms with Gasteiger partial charge in [0.1, 0.15) is 0 Å². The molecule has 1 aliphatic rings. The molecule has 0 saturated carbocycles. The molecule has 23 heavy (non-hydrogen) atoms. The van der Waals surface area contributed by atoms with Crippen LogP contribution in [-0.2, 0) is 7.05 Å². The number of nitrogens with zero attached hydrogens (tertiary/aromatic N) is 6. The van der Waals surface area contributed by atoms with Gasteiger partial charge >= 0.3 is 5.69 Å². The summed E-state index contributed by atoms with van der Waals surface area (Å²) in [4.78, 5) is 21.5. The number of nitrogens with two attached hydrogens (primary N) is 1. The third kappa shape index (κ3) is 2.81. The molecule has 3 heterocycles. The second-order valence-corrected chi connectivity index (χ2v) is 5.79. The molecule has 0 aromatic carbocycles. The summed E-state index contributed by atoms with van der Waals surface area (Å²) in [6.07, 6.45) is 3.44. The first-order valence-electron chi connectivity index (χ1n) is 7.48. The molecule has 2 N–H and O–H groups in total. The number of hydrogen-bond acceptors (Lipinski definition) is 7. The summed E-state index contributed by atoms with van der Waals surface area (Å²) in [6, 6.07) is 1.66. The zero-order chi connectivity index (χ0) is 16.6. The Kier molecular flexibility index (Phi) is 3.85. The van der Waals surface area contributed by atoms with Crippen molar-refractivity contribution in [1.82, 2.24) is 19.7 Å². The molecule has 0 amide bonds. The topological polar surface area (TPSA) is 116 Å². The lowest BCUT2D eigenvalue weighted by Crippen LogP contribution is -2.36. The summed E-state index contributed by atoms with van der Waals surface area (Å²) in [5, 5.41) is 15.7. The summed E-state index contributed by atoms with van der Waals surface area (Å²) in [5.74, 6) is 1.57. The van der Waals surface area contributed by atoms with Crippen molar-refractivity contribution in [1.29, 1.82) is 0 Å². The smallest absolute Gasteiger partial charge is 0.314 e. The average Bonchev–Trinajstić information content (AvgIpc) is 2.86. The minimum absolute atomic E-state index is 0.0710. The lowest BCUT2D eigenvalue weighted by atomic mass is 9.97. The third-order valence-electron chi connectivity index (χ3n) is 4.19. The molecule has 9 heteroatoms.